The van der Waals surface area contributed by atoms with Crippen LogP contribution < -0.4 is 20.7 Å². The van der Waals surface area contributed by atoms with Gasteiger partial charge in [0.15, 0.2) is 11.5 Å². The molecule has 0 radical (unpaired) electrons. The molecule has 0 amide bonds. The predicted octanol–water partition coefficient (Wildman–Crippen LogP) is 2.02. The normalized spacial score (nSPS) is 12.6. The lowest BCUT2D eigenvalue weighted by atomic mass is 10.1. The lowest BCUT2D eigenvalue weighted by Gasteiger charge is -2.06. The van der Waals surface area contributed by atoms with Crippen molar-refractivity contribution < 1.29 is 14.0 Å². The molecule has 9 nitrogen and oxygen atoms in total. The van der Waals surface area contributed by atoms with Gasteiger partial charge in [-0.2, -0.15) is 4.98 Å². The number of rotatable bonds is 4. The van der Waals surface area contributed by atoms with Crippen LogP contribution in [0.4, 0.5) is 0 Å². The van der Waals surface area contributed by atoms with Crippen molar-refractivity contribution in [3.8, 4) is 22.9 Å². The Hall–Kier alpha value is -3.88. The smallest absolute Gasteiger partial charge is 0.328 e. The second-order valence-corrected chi connectivity index (χ2v) is 6.71. The Bertz CT molecular complexity index is 1350. The molecule has 1 aliphatic rings. The molecule has 0 bridgehead atoms. The standard InChI is InChI=1S/C20H16N4O5/c1-11-4-2-3-5-12(11)18-22-17(29-23-18)6-7-24-19(25)13-8-15-16(28-10-27-15)9-14(13)21-20(24)26/h2-5,8-9H,6-7,10H2,1H3,(H,21,26). The average molecular weight is 392 g/mol. The number of ether oxygens (including phenoxy) is 2. The quantitative estimate of drug-likeness (QED) is 0.565. The zero-order chi connectivity index (χ0) is 20.0. The summed E-state index contributed by atoms with van der Waals surface area (Å²) in [6, 6.07) is 10.9. The van der Waals surface area contributed by atoms with Crippen molar-refractivity contribution in [3.05, 3.63) is 68.7 Å². The lowest BCUT2D eigenvalue weighted by molar-refractivity contribution is 0.174. The molecule has 4 aromatic rings. The average Bonchev–Trinajstić information content (AvgIpc) is 3.36. The van der Waals surface area contributed by atoms with E-state index in [0.717, 1.165) is 15.7 Å². The summed E-state index contributed by atoms with van der Waals surface area (Å²) in [4.78, 5) is 32.3. The fourth-order valence-corrected chi connectivity index (χ4v) is 3.34. The summed E-state index contributed by atoms with van der Waals surface area (Å²) >= 11 is 0. The van der Waals surface area contributed by atoms with Gasteiger partial charge in [0, 0.05) is 24.6 Å². The minimum atomic E-state index is -0.514. The zero-order valence-electron chi connectivity index (χ0n) is 15.5. The molecule has 29 heavy (non-hydrogen) atoms. The van der Waals surface area contributed by atoms with E-state index in [2.05, 4.69) is 15.1 Å². The predicted molar refractivity (Wildman–Crippen MR) is 103 cm³/mol. The van der Waals surface area contributed by atoms with Crippen molar-refractivity contribution in [2.75, 3.05) is 6.79 Å². The largest absolute Gasteiger partial charge is 0.454 e. The maximum Gasteiger partial charge on any atom is 0.328 e. The summed E-state index contributed by atoms with van der Waals surface area (Å²) in [5.41, 5.74) is 1.38. The van der Waals surface area contributed by atoms with Crippen LogP contribution in [-0.4, -0.2) is 26.5 Å². The van der Waals surface area contributed by atoms with Gasteiger partial charge in [-0.15, -0.1) is 0 Å². The van der Waals surface area contributed by atoms with Crippen LogP contribution in [0.15, 0.2) is 50.5 Å². The highest BCUT2D eigenvalue weighted by Crippen LogP contribution is 2.34. The fourth-order valence-electron chi connectivity index (χ4n) is 3.34. The van der Waals surface area contributed by atoms with E-state index in [0.29, 0.717) is 34.1 Å². The van der Waals surface area contributed by atoms with Crippen molar-refractivity contribution in [1.29, 1.82) is 0 Å². The molecule has 0 unspecified atom stereocenters. The number of hydrogen-bond donors (Lipinski definition) is 1. The van der Waals surface area contributed by atoms with Crippen LogP contribution >= 0.6 is 0 Å². The van der Waals surface area contributed by atoms with Crippen LogP contribution in [0.25, 0.3) is 22.3 Å². The van der Waals surface area contributed by atoms with Crippen LogP contribution in [0.1, 0.15) is 11.5 Å². The van der Waals surface area contributed by atoms with Gasteiger partial charge in [-0.1, -0.05) is 29.4 Å². The highest BCUT2D eigenvalue weighted by atomic mass is 16.7. The Labute approximate surface area is 163 Å². The molecule has 2 aromatic heterocycles. The molecule has 146 valence electrons. The Kier molecular flexibility index (Phi) is 3.94. The molecule has 1 aliphatic heterocycles. The summed E-state index contributed by atoms with van der Waals surface area (Å²) < 4.78 is 17.0. The van der Waals surface area contributed by atoms with Gasteiger partial charge in [0.25, 0.3) is 5.56 Å². The molecule has 0 atom stereocenters. The Balaban J connectivity index is 1.44. The van der Waals surface area contributed by atoms with Gasteiger partial charge >= 0.3 is 5.69 Å². The third-order valence-electron chi connectivity index (χ3n) is 4.88. The van der Waals surface area contributed by atoms with E-state index in [1.54, 1.807) is 12.1 Å². The second-order valence-electron chi connectivity index (χ2n) is 6.71. The molecule has 0 aliphatic carbocycles. The van der Waals surface area contributed by atoms with Gasteiger partial charge in [-0.25, -0.2) is 4.79 Å². The summed E-state index contributed by atoms with van der Waals surface area (Å²) in [5.74, 6) is 1.80. The van der Waals surface area contributed by atoms with Crippen molar-refractivity contribution in [2.45, 2.75) is 19.9 Å². The number of benzene rings is 2. The molecule has 3 heterocycles. The van der Waals surface area contributed by atoms with Gasteiger partial charge < -0.3 is 19.0 Å². The minimum absolute atomic E-state index is 0.0878. The number of fused-ring (bicyclic) bond motifs is 2. The Morgan fingerprint density at radius 3 is 2.76 bits per heavy atom. The summed E-state index contributed by atoms with van der Waals surface area (Å²) in [6.45, 7) is 2.16. The Morgan fingerprint density at radius 2 is 1.93 bits per heavy atom. The maximum absolute atomic E-state index is 12.8. The first kappa shape index (κ1) is 17.2. The van der Waals surface area contributed by atoms with Gasteiger partial charge in [-0.05, 0) is 18.6 Å². The topological polar surface area (TPSA) is 112 Å². The summed E-state index contributed by atoms with van der Waals surface area (Å²) in [7, 11) is 0. The maximum atomic E-state index is 12.8. The molecule has 5 rings (SSSR count). The first-order chi connectivity index (χ1) is 14.1. The molecule has 2 aromatic carbocycles. The van der Waals surface area contributed by atoms with Crippen LogP contribution in [0, 0.1) is 6.92 Å². The molecule has 0 saturated carbocycles. The summed E-state index contributed by atoms with van der Waals surface area (Å²) in [6.07, 6.45) is 0.248. The van der Waals surface area contributed by atoms with Gasteiger partial charge in [0.2, 0.25) is 18.5 Å². The van der Waals surface area contributed by atoms with E-state index < -0.39 is 11.2 Å². The van der Waals surface area contributed by atoms with E-state index in [1.165, 1.54) is 0 Å². The van der Waals surface area contributed by atoms with Crippen LogP contribution in [-0.2, 0) is 13.0 Å². The molecular formula is C20H16N4O5. The molecular weight excluding hydrogens is 376 g/mol. The van der Waals surface area contributed by atoms with E-state index in [4.69, 9.17) is 14.0 Å². The van der Waals surface area contributed by atoms with Crippen molar-refractivity contribution in [3.63, 3.8) is 0 Å². The Morgan fingerprint density at radius 1 is 1.14 bits per heavy atom. The number of nitrogens with zero attached hydrogens (tertiary/aromatic N) is 3. The SMILES string of the molecule is Cc1ccccc1-c1noc(CCn2c(=O)[nH]c3cc4c(cc3c2=O)OCO4)n1. The fraction of sp³-hybridized carbons (Fsp3) is 0.200. The minimum Gasteiger partial charge on any atom is -0.454 e. The number of aromatic amines is 1. The van der Waals surface area contributed by atoms with Crippen LogP contribution in [0.3, 0.4) is 0 Å². The first-order valence-electron chi connectivity index (χ1n) is 9.05. The monoisotopic (exact) mass is 392 g/mol. The van der Waals surface area contributed by atoms with E-state index in [9.17, 15) is 9.59 Å². The van der Waals surface area contributed by atoms with Gasteiger partial charge in [-0.3, -0.25) is 9.36 Å². The molecule has 9 heteroatoms. The molecule has 0 spiro atoms. The van der Waals surface area contributed by atoms with Crippen molar-refractivity contribution in [1.82, 2.24) is 19.7 Å². The van der Waals surface area contributed by atoms with Gasteiger partial charge in [0.05, 0.1) is 10.9 Å². The number of aromatic nitrogens is 4. The van der Waals surface area contributed by atoms with E-state index in [1.807, 2.05) is 31.2 Å². The number of hydrogen-bond acceptors (Lipinski definition) is 7. The highest BCUT2D eigenvalue weighted by Gasteiger charge is 2.18. The summed E-state index contributed by atoms with van der Waals surface area (Å²) in [5, 5.41) is 4.35. The van der Waals surface area contributed by atoms with E-state index >= 15 is 0 Å². The molecule has 1 N–H and O–H groups in total. The van der Waals surface area contributed by atoms with Crippen molar-refractivity contribution in [2.24, 2.45) is 0 Å². The second kappa shape index (κ2) is 6.62. The third kappa shape index (κ3) is 2.96. The van der Waals surface area contributed by atoms with Crippen LogP contribution in [0.2, 0.25) is 0 Å². The molecule has 0 fully saturated rings. The number of aryl methyl sites for hydroxylation is 2. The van der Waals surface area contributed by atoms with Crippen molar-refractivity contribution >= 4 is 10.9 Å². The van der Waals surface area contributed by atoms with E-state index in [-0.39, 0.29) is 19.8 Å². The molecule has 0 saturated heterocycles. The number of H-pyrrole nitrogens is 1. The third-order valence-corrected chi connectivity index (χ3v) is 4.88. The van der Waals surface area contributed by atoms with Crippen LogP contribution in [0.5, 0.6) is 11.5 Å². The highest BCUT2D eigenvalue weighted by molar-refractivity contribution is 5.81. The lowest BCUT2D eigenvalue weighted by Crippen LogP contribution is -2.35. The number of nitrogens with one attached hydrogen (secondary N) is 1. The van der Waals surface area contributed by atoms with Gasteiger partial charge in [0.1, 0.15) is 0 Å². The first-order valence-corrected chi connectivity index (χ1v) is 9.05. The zero-order valence-corrected chi connectivity index (χ0v) is 15.5.